The molecule has 2 unspecified atom stereocenters. The number of aliphatic imine (C=N–C) groups is 1. The lowest BCUT2D eigenvalue weighted by atomic mass is 9.74. The van der Waals surface area contributed by atoms with Crippen LogP contribution in [0.1, 0.15) is 48.8 Å². The van der Waals surface area contributed by atoms with Crippen LogP contribution >= 0.6 is 0 Å². The van der Waals surface area contributed by atoms with Gasteiger partial charge in [-0.3, -0.25) is 4.99 Å². The number of aliphatic carboxylic acids is 2. The monoisotopic (exact) mass is 533 g/mol. The lowest BCUT2D eigenvalue weighted by Crippen LogP contribution is -2.39. The second kappa shape index (κ2) is 12.6. The van der Waals surface area contributed by atoms with Gasteiger partial charge in [-0.15, -0.1) is 0 Å². The molecule has 0 bridgehead atoms. The van der Waals surface area contributed by atoms with E-state index in [4.69, 9.17) is 39.6 Å². The third-order valence-corrected chi connectivity index (χ3v) is 6.26. The predicted octanol–water partition coefficient (Wildman–Crippen LogP) is 0.618. The van der Waals surface area contributed by atoms with Crippen molar-refractivity contribution in [3.8, 4) is 17.5 Å². The Morgan fingerprint density at radius 2 is 1.63 bits per heavy atom. The largest absolute Gasteiger partial charge is 0.493 e. The summed E-state index contributed by atoms with van der Waals surface area (Å²) in [5.74, 6) is -2.00. The van der Waals surface area contributed by atoms with E-state index in [2.05, 4.69) is 9.97 Å². The molecule has 4 rings (SSSR count). The predicted molar refractivity (Wildman–Crippen MR) is 132 cm³/mol. The molecule has 5 atom stereocenters. The Kier molecular flexibility index (Phi) is 9.55. The average Bonchev–Trinajstić information content (AvgIpc) is 2.92. The molecule has 1 aliphatic heterocycles. The van der Waals surface area contributed by atoms with E-state index in [9.17, 15) is 14.7 Å². The van der Waals surface area contributed by atoms with E-state index in [1.54, 1.807) is 26.6 Å². The minimum atomic E-state index is -2.27. The van der Waals surface area contributed by atoms with Crippen molar-refractivity contribution in [1.82, 2.24) is 9.97 Å². The molecule has 0 radical (unpaired) electrons. The van der Waals surface area contributed by atoms with E-state index in [0.29, 0.717) is 24.8 Å². The van der Waals surface area contributed by atoms with Gasteiger partial charge in [0.05, 0.1) is 38.7 Å². The van der Waals surface area contributed by atoms with Crippen LogP contribution in [-0.4, -0.2) is 98.3 Å². The molecule has 13 nitrogen and oxygen atoms in total. The highest BCUT2D eigenvalue weighted by atomic mass is 16.5. The Bertz CT molecular complexity index is 1150. The number of hydrogen-bond donors (Lipinski definition) is 5. The zero-order valence-electron chi connectivity index (χ0n) is 21.1. The summed E-state index contributed by atoms with van der Waals surface area (Å²) in [5.41, 5.74) is 3.78. The van der Waals surface area contributed by atoms with Gasteiger partial charge >= 0.3 is 17.9 Å². The first-order valence-corrected chi connectivity index (χ1v) is 11.9. The second-order valence-electron chi connectivity index (χ2n) is 8.67. The molecule has 1 aliphatic carbocycles. The molecule has 0 amide bonds. The Morgan fingerprint density at radius 1 is 1.00 bits per heavy atom. The molecule has 1 aromatic carbocycles. The van der Waals surface area contributed by atoms with Crippen LogP contribution in [0.2, 0.25) is 0 Å². The van der Waals surface area contributed by atoms with Crippen molar-refractivity contribution in [2.75, 3.05) is 20.8 Å². The van der Waals surface area contributed by atoms with Gasteiger partial charge < -0.3 is 39.7 Å². The molecular formula is C25H31N3O10. The van der Waals surface area contributed by atoms with Gasteiger partial charge in [0, 0.05) is 29.4 Å². The van der Waals surface area contributed by atoms with Gasteiger partial charge in [0.25, 0.3) is 0 Å². The molecule has 0 saturated heterocycles. The van der Waals surface area contributed by atoms with Crippen LogP contribution in [0, 0.1) is 0 Å². The maximum atomic E-state index is 10.2. The molecular weight excluding hydrogens is 502 g/mol. The molecule has 13 heteroatoms. The number of methoxy groups -OCH3 is 2. The van der Waals surface area contributed by atoms with Gasteiger partial charge in [0.1, 0.15) is 0 Å². The number of aliphatic hydroxyl groups is 3. The van der Waals surface area contributed by atoms with Gasteiger partial charge in [0.2, 0.25) is 0 Å². The minimum absolute atomic E-state index is 0.121. The Morgan fingerprint density at radius 3 is 2.16 bits per heavy atom. The second-order valence-corrected chi connectivity index (χ2v) is 8.67. The first kappa shape index (κ1) is 28.8. The van der Waals surface area contributed by atoms with Gasteiger partial charge in [-0.2, -0.15) is 0 Å². The zero-order valence-corrected chi connectivity index (χ0v) is 21.1. The Labute approximate surface area is 218 Å². The van der Waals surface area contributed by atoms with Crippen molar-refractivity contribution in [1.29, 1.82) is 0 Å². The lowest BCUT2D eigenvalue weighted by molar-refractivity contribution is -0.165. The fourth-order valence-electron chi connectivity index (χ4n) is 4.42. The number of aromatic nitrogens is 2. The van der Waals surface area contributed by atoms with Crippen LogP contribution in [0.25, 0.3) is 0 Å². The van der Waals surface area contributed by atoms with Crippen molar-refractivity contribution < 1.29 is 49.3 Å². The highest BCUT2D eigenvalue weighted by molar-refractivity contribution is 6.14. The van der Waals surface area contributed by atoms with Crippen LogP contribution in [0.3, 0.4) is 0 Å². The smallest absolute Gasteiger partial charge is 0.335 e. The van der Waals surface area contributed by atoms with E-state index in [0.717, 1.165) is 41.0 Å². The summed E-state index contributed by atoms with van der Waals surface area (Å²) in [4.78, 5) is 33.1. The fourth-order valence-corrected chi connectivity index (χ4v) is 4.42. The van der Waals surface area contributed by atoms with E-state index in [1.807, 2.05) is 19.1 Å². The van der Waals surface area contributed by atoms with Crippen molar-refractivity contribution in [2.24, 2.45) is 4.99 Å². The van der Waals surface area contributed by atoms with Gasteiger partial charge in [0.15, 0.2) is 23.7 Å². The summed E-state index contributed by atoms with van der Waals surface area (Å²) in [6, 6.07) is 4.46. The molecule has 0 spiro atoms. The first-order valence-electron chi connectivity index (χ1n) is 11.9. The quantitative estimate of drug-likeness (QED) is 0.317. The summed E-state index contributed by atoms with van der Waals surface area (Å²) in [6.07, 6.45) is 0.946. The number of aliphatic hydroxyl groups excluding tert-OH is 3. The number of rotatable bonds is 8. The van der Waals surface area contributed by atoms with E-state index in [1.165, 1.54) is 0 Å². The SMILES string of the molecule is CCOc1cc2c(cc1OC)C(c1cnc(OC)nc1)=N[C@@H]1CC[C@@H](O)C[C@H]21.O=C(O)C(O)C(O)C(=O)O. The number of nitrogens with zero attached hydrogens (tertiary/aromatic N) is 3. The summed E-state index contributed by atoms with van der Waals surface area (Å²) >= 11 is 0. The van der Waals surface area contributed by atoms with Gasteiger partial charge in [-0.25, -0.2) is 19.6 Å². The number of fused-ring (bicyclic) bond motifs is 3. The maximum absolute atomic E-state index is 10.2. The maximum Gasteiger partial charge on any atom is 0.335 e. The van der Waals surface area contributed by atoms with Crippen LogP contribution in [0.4, 0.5) is 0 Å². The molecule has 38 heavy (non-hydrogen) atoms. The van der Waals surface area contributed by atoms with Crippen molar-refractivity contribution in [3.05, 3.63) is 41.2 Å². The Hall–Kier alpha value is -3.81. The number of ether oxygens (including phenoxy) is 3. The Balaban J connectivity index is 0.000000342. The van der Waals surface area contributed by atoms with E-state index in [-0.39, 0.29) is 18.1 Å². The average molecular weight is 534 g/mol. The third kappa shape index (κ3) is 6.36. The van der Waals surface area contributed by atoms with Crippen LogP contribution < -0.4 is 14.2 Å². The van der Waals surface area contributed by atoms with Gasteiger partial charge in [-0.1, -0.05) is 0 Å². The van der Waals surface area contributed by atoms with Crippen molar-refractivity contribution in [3.63, 3.8) is 0 Å². The molecule has 206 valence electrons. The number of carbonyl (C=O) groups is 2. The normalized spacial score (nSPS) is 21.3. The number of carboxylic acids is 2. The molecule has 2 heterocycles. The molecule has 1 fully saturated rings. The van der Waals surface area contributed by atoms with E-state index >= 15 is 0 Å². The molecule has 1 saturated carbocycles. The number of benzene rings is 1. The van der Waals surface area contributed by atoms with Crippen molar-refractivity contribution in [2.45, 2.75) is 56.5 Å². The highest BCUT2D eigenvalue weighted by Gasteiger charge is 2.37. The van der Waals surface area contributed by atoms with Crippen LogP contribution in [-0.2, 0) is 9.59 Å². The van der Waals surface area contributed by atoms with E-state index < -0.39 is 24.1 Å². The zero-order chi connectivity index (χ0) is 28.0. The number of hydrogen-bond acceptors (Lipinski definition) is 11. The van der Waals surface area contributed by atoms with Crippen LogP contribution in [0.5, 0.6) is 17.5 Å². The summed E-state index contributed by atoms with van der Waals surface area (Å²) < 4.78 is 16.4. The summed E-state index contributed by atoms with van der Waals surface area (Å²) in [7, 11) is 3.17. The lowest BCUT2D eigenvalue weighted by Gasteiger charge is -2.37. The van der Waals surface area contributed by atoms with Crippen molar-refractivity contribution >= 4 is 17.7 Å². The fraction of sp³-hybridized carbons (Fsp3) is 0.480. The molecule has 5 N–H and O–H groups in total. The summed E-state index contributed by atoms with van der Waals surface area (Å²) in [5, 5.41) is 42.8. The topological polar surface area (TPSA) is 201 Å². The number of carboxylic acid groups (broad SMARTS) is 2. The minimum Gasteiger partial charge on any atom is -0.493 e. The standard InChI is InChI=1S/C21H25N3O4.C4H6O6/c1-4-28-19-8-14-15-7-13(25)5-6-17(15)24-20(16(14)9-18(19)26-2)12-10-22-21(27-3)23-11-12;5-1(3(7)8)2(6)4(9)10/h8-11,13,15,17,25H,4-7H2,1-3H3;1-2,5-6H,(H,7,8)(H,9,10)/t13-,15-,17-;/m1./s1. The molecule has 2 aliphatic rings. The third-order valence-electron chi connectivity index (χ3n) is 6.26. The van der Waals surface area contributed by atoms with Gasteiger partial charge in [-0.05, 0) is 43.9 Å². The first-order chi connectivity index (χ1) is 18.1. The summed E-state index contributed by atoms with van der Waals surface area (Å²) in [6.45, 7) is 2.51. The van der Waals surface area contributed by atoms with Crippen LogP contribution in [0.15, 0.2) is 29.5 Å². The molecule has 1 aromatic heterocycles. The molecule has 2 aromatic rings. The highest BCUT2D eigenvalue weighted by Crippen LogP contribution is 2.44.